The van der Waals surface area contributed by atoms with Gasteiger partial charge < -0.3 is 4.52 Å². The van der Waals surface area contributed by atoms with Crippen LogP contribution in [-0.2, 0) is 21.9 Å². The van der Waals surface area contributed by atoms with Crippen LogP contribution in [0.3, 0.4) is 0 Å². The van der Waals surface area contributed by atoms with E-state index >= 15 is 0 Å². The average molecular weight is 336 g/mol. The number of rotatable bonds is 5. The molecule has 0 aliphatic heterocycles. The van der Waals surface area contributed by atoms with Gasteiger partial charge in [0, 0.05) is 12.1 Å². The lowest BCUT2D eigenvalue weighted by atomic mass is 9.87. The molecule has 0 atom stereocenters. The zero-order valence-corrected chi connectivity index (χ0v) is 15.1. The van der Waals surface area contributed by atoms with Crippen LogP contribution in [0.2, 0.25) is 0 Å². The van der Waals surface area contributed by atoms with Gasteiger partial charge in [-0.25, -0.2) is 13.1 Å². The molecule has 0 saturated carbocycles. The molecule has 0 amide bonds. The fourth-order valence-electron chi connectivity index (χ4n) is 2.39. The number of benzene rings is 1. The predicted octanol–water partition coefficient (Wildman–Crippen LogP) is 3.11. The van der Waals surface area contributed by atoms with Gasteiger partial charge in [-0.2, -0.15) is 0 Å². The van der Waals surface area contributed by atoms with Gasteiger partial charge in [-0.1, -0.05) is 38.1 Å². The van der Waals surface area contributed by atoms with Gasteiger partial charge >= 0.3 is 0 Å². The fraction of sp³-hybridized carbons (Fsp3) is 0.471. The Bertz CT molecular complexity index is 750. The number of hydrogen-bond acceptors (Lipinski definition) is 4. The van der Waals surface area contributed by atoms with Crippen LogP contribution in [0.1, 0.15) is 43.4 Å². The van der Waals surface area contributed by atoms with E-state index in [1.54, 1.807) is 12.1 Å². The Kier molecular flexibility index (Phi) is 4.96. The summed E-state index contributed by atoms with van der Waals surface area (Å²) in [6, 6.07) is 7.03. The van der Waals surface area contributed by atoms with Gasteiger partial charge in [0.15, 0.2) is 0 Å². The highest BCUT2D eigenvalue weighted by atomic mass is 32.2. The maximum Gasteiger partial charge on any atom is 0.240 e. The van der Waals surface area contributed by atoms with Crippen LogP contribution in [0.15, 0.2) is 33.7 Å². The number of sulfonamides is 1. The van der Waals surface area contributed by atoms with Crippen molar-refractivity contribution in [2.24, 2.45) is 0 Å². The highest BCUT2D eigenvalue weighted by Crippen LogP contribution is 2.23. The highest BCUT2D eigenvalue weighted by molar-refractivity contribution is 7.89. The Labute approximate surface area is 138 Å². The van der Waals surface area contributed by atoms with Gasteiger partial charge in [-0.3, -0.25) is 0 Å². The summed E-state index contributed by atoms with van der Waals surface area (Å²) in [5.41, 5.74) is 2.86. The standard InChI is InChI=1S/C17H24N2O3S/c1-12-16(13(2)22-19-12)10-11-18-23(20,21)15-8-6-14(7-9-15)17(3,4)5/h6-9,18H,10-11H2,1-5H3. The van der Waals surface area contributed by atoms with Crippen LogP contribution < -0.4 is 4.72 Å². The van der Waals surface area contributed by atoms with Gasteiger partial charge in [0.05, 0.1) is 10.6 Å². The minimum atomic E-state index is -3.50. The summed E-state index contributed by atoms with van der Waals surface area (Å²) in [5, 5.41) is 3.87. The molecule has 0 fully saturated rings. The van der Waals surface area contributed by atoms with Crippen molar-refractivity contribution in [3.63, 3.8) is 0 Å². The molecule has 0 aliphatic rings. The van der Waals surface area contributed by atoms with E-state index in [1.165, 1.54) is 0 Å². The molecule has 1 heterocycles. The molecule has 1 aromatic heterocycles. The van der Waals surface area contributed by atoms with Crippen molar-refractivity contribution >= 4 is 10.0 Å². The van der Waals surface area contributed by atoms with Crippen LogP contribution in [0.25, 0.3) is 0 Å². The van der Waals surface area contributed by atoms with E-state index in [-0.39, 0.29) is 10.3 Å². The molecular formula is C17H24N2O3S. The van der Waals surface area contributed by atoms with Gasteiger partial charge in [0.1, 0.15) is 5.76 Å². The summed E-state index contributed by atoms with van der Waals surface area (Å²) in [7, 11) is -3.50. The SMILES string of the molecule is Cc1noc(C)c1CCNS(=O)(=O)c1ccc(C(C)(C)C)cc1. The molecular weight excluding hydrogens is 312 g/mol. The van der Waals surface area contributed by atoms with Crippen LogP contribution in [0.5, 0.6) is 0 Å². The summed E-state index contributed by atoms with van der Waals surface area (Å²) >= 11 is 0. The third kappa shape index (κ3) is 4.20. The highest BCUT2D eigenvalue weighted by Gasteiger charge is 2.18. The maximum absolute atomic E-state index is 12.3. The van der Waals surface area contributed by atoms with Crippen molar-refractivity contribution in [1.29, 1.82) is 0 Å². The van der Waals surface area contributed by atoms with E-state index in [0.29, 0.717) is 13.0 Å². The van der Waals surface area contributed by atoms with Gasteiger partial charge in [0.25, 0.3) is 0 Å². The Morgan fingerprint density at radius 1 is 1.13 bits per heavy atom. The number of hydrogen-bond donors (Lipinski definition) is 1. The summed E-state index contributed by atoms with van der Waals surface area (Å²) in [4.78, 5) is 0.282. The zero-order chi connectivity index (χ0) is 17.3. The van der Waals surface area contributed by atoms with E-state index in [9.17, 15) is 8.42 Å². The minimum absolute atomic E-state index is 0.000936. The summed E-state index contributed by atoms with van der Waals surface area (Å²) in [6.07, 6.45) is 0.556. The molecule has 0 aliphatic carbocycles. The van der Waals surface area contributed by atoms with Crippen LogP contribution in [-0.4, -0.2) is 20.1 Å². The van der Waals surface area contributed by atoms with Gasteiger partial charge in [0.2, 0.25) is 10.0 Å². The first-order chi connectivity index (χ1) is 10.6. The van der Waals surface area contributed by atoms with Crippen LogP contribution in [0, 0.1) is 13.8 Å². The first kappa shape index (κ1) is 17.7. The second-order valence-electron chi connectivity index (χ2n) is 6.72. The monoisotopic (exact) mass is 336 g/mol. The number of aromatic nitrogens is 1. The van der Waals surface area contributed by atoms with Crippen molar-refractivity contribution in [2.75, 3.05) is 6.54 Å². The average Bonchev–Trinajstić information content (AvgIpc) is 2.78. The van der Waals surface area contributed by atoms with E-state index in [1.807, 2.05) is 26.0 Å². The minimum Gasteiger partial charge on any atom is -0.361 e. The lowest BCUT2D eigenvalue weighted by Crippen LogP contribution is -2.26. The smallest absolute Gasteiger partial charge is 0.240 e. The Hall–Kier alpha value is -1.66. The molecule has 0 spiro atoms. The van der Waals surface area contributed by atoms with Crippen molar-refractivity contribution in [2.45, 2.75) is 51.3 Å². The summed E-state index contributed by atoms with van der Waals surface area (Å²) < 4.78 is 32.4. The van der Waals surface area contributed by atoms with E-state index in [4.69, 9.17) is 4.52 Å². The van der Waals surface area contributed by atoms with E-state index in [0.717, 1.165) is 22.6 Å². The molecule has 6 heteroatoms. The summed E-state index contributed by atoms with van der Waals surface area (Å²) in [5.74, 6) is 0.733. The van der Waals surface area contributed by atoms with E-state index < -0.39 is 10.0 Å². The van der Waals surface area contributed by atoms with Crippen LogP contribution >= 0.6 is 0 Å². The third-order valence-corrected chi connectivity index (χ3v) is 5.36. The molecule has 1 aromatic carbocycles. The van der Waals surface area contributed by atoms with Crippen LogP contribution in [0.4, 0.5) is 0 Å². The second kappa shape index (κ2) is 6.45. The fourth-order valence-corrected chi connectivity index (χ4v) is 3.42. The van der Waals surface area contributed by atoms with Gasteiger partial charge in [-0.05, 0) is 43.4 Å². The Morgan fingerprint density at radius 2 is 1.74 bits per heavy atom. The molecule has 5 nitrogen and oxygen atoms in total. The summed E-state index contributed by atoms with van der Waals surface area (Å²) in [6.45, 7) is 10.3. The van der Waals surface area contributed by atoms with E-state index in [2.05, 4.69) is 30.6 Å². The Balaban J connectivity index is 2.04. The Morgan fingerprint density at radius 3 is 2.22 bits per heavy atom. The first-order valence-corrected chi connectivity index (χ1v) is 9.11. The van der Waals surface area contributed by atoms with Crippen molar-refractivity contribution < 1.29 is 12.9 Å². The number of nitrogens with zero attached hydrogens (tertiary/aromatic N) is 1. The molecule has 0 saturated heterocycles. The first-order valence-electron chi connectivity index (χ1n) is 7.63. The molecule has 0 bridgehead atoms. The normalized spacial score (nSPS) is 12.6. The molecule has 1 N–H and O–H groups in total. The molecule has 0 unspecified atom stereocenters. The predicted molar refractivity (Wildman–Crippen MR) is 90.0 cm³/mol. The second-order valence-corrected chi connectivity index (χ2v) is 8.49. The van der Waals surface area contributed by atoms with Gasteiger partial charge in [-0.15, -0.1) is 0 Å². The molecule has 126 valence electrons. The topological polar surface area (TPSA) is 72.2 Å². The largest absolute Gasteiger partial charge is 0.361 e. The maximum atomic E-state index is 12.3. The molecule has 2 rings (SSSR count). The molecule has 2 aromatic rings. The molecule has 23 heavy (non-hydrogen) atoms. The molecule has 0 radical (unpaired) electrons. The van der Waals surface area contributed by atoms with Crippen molar-refractivity contribution in [3.05, 3.63) is 46.8 Å². The quantitative estimate of drug-likeness (QED) is 0.910. The lowest BCUT2D eigenvalue weighted by Gasteiger charge is -2.19. The number of aryl methyl sites for hydroxylation is 2. The zero-order valence-electron chi connectivity index (χ0n) is 14.3. The lowest BCUT2D eigenvalue weighted by molar-refractivity contribution is 0.392. The van der Waals surface area contributed by atoms with Crippen molar-refractivity contribution in [1.82, 2.24) is 9.88 Å². The third-order valence-electron chi connectivity index (χ3n) is 3.88. The van der Waals surface area contributed by atoms with Crippen molar-refractivity contribution in [3.8, 4) is 0 Å². The number of nitrogens with one attached hydrogen (secondary N) is 1.